The lowest BCUT2D eigenvalue weighted by Gasteiger charge is -2.12. The van der Waals surface area contributed by atoms with Gasteiger partial charge in [0.15, 0.2) is 0 Å². The Morgan fingerprint density at radius 2 is 2.44 bits per heavy atom. The van der Waals surface area contributed by atoms with E-state index >= 15 is 0 Å². The van der Waals surface area contributed by atoms with E-state index in [9.17, 15) is 0 Å². The summed E-state index contributed by atoms with van der Waals surface area (Å²) in [6.45, 7) is 1.07. The van der Waals surface area contributed by atoms with Crippen molar-refractivity contribution in [2.24, 2.45) is 7.05 Å². The van der Waals surface area contributed by atoms with Crippen molar-refractivity contribution in [3.05, 3.63) is 18.0 Å². The van der Waals surface area contributed by atoms with Crippen molar-refractivity contribution in [2.45, 2.75) is 37.0 Å². The summed E-state index contributed by atoms with van der Waals surface area (Å²) < 4.78 is 1.96. The minimum Gasteiger partial charge on any atom is -0.314 e. The van der Waals surface area contributed by atoms with Crippen LogP contribution in [0.5, 0.6) is 0 Å². The minimum absolute atomic E-state index is 0.741. The topological polar surface area (TPSA) is 29.9 Å². The monoisotopic (exact) mass is 239 g/mol. The first-order valence-electron chi connectivity index (χ1n) is 6.02. The van der Waals surface area contributed by atoms with Crippen molar-refractivity contribution in [3.8, 4) is 0 Å². The molecule has 3 nitrogen and oxygen atoms in total. The number of hydrogen-bond acceptors (Lipinski definition) is 3. The fraction of sp³-hybridized carbons (Fsp3) is 0.750. The van der Waals surface area contributed by atoms with E-state index in [1.807, 2.05) is 29.7 Å². The van der Waals surface area contributed by atoms with Crippen LogP contribution in [0.3, 0.4) is 0 Å². The maximum atomic E-state index is 4.18. The highest BCUT2D eigenvalue weighted by Crippen LogP contribution is 2.27. The molecule has 90 valence electrons. The van der Waals surface area contributed by atoms with E-state index in [4.69, 9.17) is 0 Å². The van der Waals surface area contributed by atoms with Gasteiger partial charge < -0.3 is 5.32 Å². The highest BCUT2D eigenvalue weighted by atomic mass is 32.2. The van der Waals surface area contributed by atoms with E-state index in [2.05, 4.69) is 22.7 Å². The molecular formula is C12H21N3S. The number of nitrogens with one attached hydrogen (secondary N) is 1. The molecule has 1 aromatic heterocycles. The van der Waals surface area contributed by atoms with Crippen molar-refractivity contribution in [2.75, 3.05) is 12.8 Å². The molecule has 1 aliphatic carbocycles. The SMILES string of the molecule is CSC1CCC(NCCc2ccnn2C)C1. The van der Waals surface area contributed by atoms with Crippen LogP contribution in [-0.2, 0) is 13.5 Å². The van der Waals surface area contributed by atoms with Gasteiger partial charge in [0, 0.05) is 43.2 Å². The van der Waals surface area contributed by atoms with E-state index in [-0.39, 0.29) is 0 Å². The molecule has 0 radical (unpaired) electrons. The molecule has 0 aromatic carbocycles. The van der Waals surface area contributed by atoms with Gasteiger partial charge in [0.2, 0.25) is 0 Å². The maximum Gasteiger partial charge on any atom is 0.0492 e. The second-order valence-corrected chi connectivity index (χ2v) is 5.66. The molecule has 1 heterocycles. The van der Waals surface area contributed by atoms with E-state index in [1.165, 1.54) is 25.0 Å². The first-order chi connectivity index (χ1) is 7.79. The van der Waals surface area contributed by atoms with E-state index in [0.717, 1.165) is 24.3 Å². The van der Waals surface area contributed by atoms with Crippen LogP contribution >= 0.6 is 11.8 Å². The van der Waals surface area contributed by atoms with Crippen molar-refractivity contribution in [1.82, 2.24) is 15.1 Å². The van der Waals surface area contributed by atoms with Crippen molar-refractivity contribution < 1.29 is 0 Å². The van der Waals surface area contributed by atoms with E-state index in [0.29, 0.717) is 0 Å². The lowest BCUT2D eigenvalue weighted by molar-refractivity contribution is 0.521. The third kappa shape index (κ3) is 3.01. The zero-order valence-electron chi connectivity index (χ0n) is 10.1. The normalized spacial score (nSPS) is 25.1. The molecule has 0 amide bonds. The number of aromatic nitrogens is 2. The van der Waals surface area contributed by atoms with Crippen LogP contribution in [0.2, 0.25) is 0 Å². The molecule has 0 aliphatic heterocycles. The lowest BCUT2D eigenvalue weighted by Crippen LogP contribution is -2.29. The van der Waals surface area contributed by atoms with Crippen LogP contribution in [0.15, 0.2) is 12.3 Å². The number of aryl methyl sites for hydroxylation is 1. The van der Waals surface area contributed by atoms with Crippen LogP contribution < -0.4 is 5.32 Å². The van der Waals surface area contributed by atoms with E-state index < -0.39 is 0 Å². The Hall–Kier alpha value is -0.480. The zero-order chi connectivity index (χ0) is 11.4. The minimum atomic E-state index is 0.741. The van der Waals surface area contributed by atoms with Gasteiger partial charge in [-0.15, -0.1) is 0 Å². The summed E-state index contributed by atoms with van der Waals surface area (Å²) in [6, 6.07) is 2.84. The molecule has 2 unspecified atom stereocenters. The standard InChI is InChI=1S/C12H21N3S/c1-15-11(6-8-14-15)5-7-13-10-3-4-12(9-10)16-2/h6,8,10,12-13H,3-5,7,9H2,1-2H3. The van der Waals surface area contributed by atoms with Gasteiger partial charge in [-0.3, -0.25) is 4.68 Å². The molecule has 1 aliphatic rings. The maximum absolute atomic E-state index is 4.18. The summed E-state index contributed by atoms with van der Waals surface area (Å²) in [6.07, 6.45) is 9.24. The molecule has 1 saturated carbocycles. The Labute approximate surface area is 102 Å². The second-order valence-electron chi connectivity index (χ2n) is 4.52. The summed E-state index contributed by atoms with van der Waals surface area (Å²) >= 11 is 2.02. The molecule has 2 rings (SSSR count). The Kier molecular flexibility index (Phi) is 4.29. The molecule has 1 aromatic rings. The summed E-state index contributed by atoms with van der Waals surface area (Å²) in [5.74, 6) is 0. The summed E-state index contributed by atoms with van der Waals surface area (Å²) in [5, 5.41) is 8.72. The Morgan fingerprint density at radius 3 is 3.06 bits per heavy atom. The van der Waals surface area contributed by atoms with Crippen LogP contribution in [0.25, 0.3) is 0 Å². The fourth-order valence-corrected chi connectivity index (χ4v) is 3.19. The largest absolute Gasteiger partial charge is 0.314 e. The van der Waals surface area contributed by atoms with Gasteiger partial charge in [-0.1, -0.05) is 0 Å². The number of thioether (sulfide) groups is 1. The third-order valence-corrected chi connectivity index (χ3v) is 4.55. The zero-order valence-corrected chi connectivity index (χ0v) is 11.0. The van der Waals surface area contributed by atoms with Gasteiger partial charge in [-0.25, -0.2) is 0 Å². The average molecular weight is 239 g/mol. The van der Waals surface area contributed by atoms with Gasteiger partial charge in [-0.2, -0.15) is 16.9 Å². The molecule has 0 saturated heterocycles. The smallest absolute Gasteiger partial charge is 0.0492 e. The number of hydrogen-bond donors (Lipinski definition) is 1. The number of nitrogens with zero attached hydrogens (tertiary/aromatic N) is 2. The molecular weight excluding hydrogens is 218 g/mol. The third-order valence-electron chi connectivity index (χ3n) is 3.45. The predicted octanol–water partition coefficient (Wildman–Crippen LogP) is 1.84. The molecule has 2 atom stereocenters. The van der Waals surface area contributed by atoms with Gasteiger partial charge in [0.05, 0.1) is 0 Å². The molecule has 0 bridgehead atoms. The van der Waals surface area contributed by atoms with Crippen LogP contribution in [0.1, 0.15) is 25.0 Å². The Balaban J connectivity index is 1.67. The predicted molar refractivity (Wildman–Crippen MR) is 69.9 cm³/mol. The van der Waals surface area contributed by atoms with Crippen molar-refractivity contribution >= 4 is 11.8 Å². The molecule has 1 fully saturated rings. The summed E-state index contributed by atoms with van der Waals surface area (Å²) in [5.41, 5.74) is 1.31. The Morgan fingerprint density at radius 1 is 1.56 bits per heavy atom. The second kappa shape index (κ2) is 5.73. The molecule has 4 heteroatoms. The quantitative estimate of drug-likeness (QED) is 0.850. The van der Waals surface area contributed by atoms with Crippen molar-refractivity contribution in [1.29, 1.82) is 0 Å². The average Bonchev–Trinajstić information content (AvgIpc) is 2.89. The Bertz CT molecular complexity index is 324. The molecule has 0 spiro atoms. The van der Waals surface area contributed by atoms with Crippen molar-refractivity contribution in [3.63, 3.8) is 0 Å². The lowest BCUT2D eigenvalue weighted by atomic mass is 10.2. The van der Waals surface area contributed by atoms with Gasteiger partial charge in [0.25, 0.3) is 0 Å². The summed E-state index contributed by atoms with van der Waals surface area (Å²) in [7, 11) is 2.01. The number of rotatable bonds is 5. The van der Waals surface area contributed by atoms with Crippen LogP contribution in [-0.4, -0.2) is 33.9 Å². The molecule has 1 N–H and O–H groups in total. The highest BCUT2D eigenvalue weighted by Gasteiger charge is 2.22. The molecule has 16 heavy (non-hydrogen) atoms. The van der Waals surface area contributed by atoms with Gasteiger partial charge >= 0.3 is 0 Å². The first-order valence-corrected chi connectivity index (χ1v) is 7.31. The summed E-state index contributed by atoms with van der Waals surface area (Å²) in [4.78, 5) is 0. The highest BCUT2D eigenvalue weighted by molar-refractivity contribution is 7.99. The fourth-order valence-electron chi connectivity index (χ4n) is 2.39. The van der Waals surface area contributed by atoms with Crippen LogP contribution in [0, 0.1) is 0 Å². The van der Waals surface area contributed by atoms with Gasteiger partial charge in [0.1, 0.15) is 0 Å². The van der Waals surface area contributed by atoms with Gasteiger partial charge in [-0.05, 0) is 31.6 Å². The first kappa shape index (κ1) is 12.0. The van der Waals surface area contributed by atoms with Crippen LogP contribution in [0.4, 0.5) is 0 Å². The van der Waals surface area contributed by atoms with E-state index in [1.54, 1.807) is 0 Å².